The van der Waals surface area contributed by atoms with Gasteiger partial charge in [0.15, 0.2) is 12.3 Å². The van der Waals surface area contributed by atoms with Gasteiger partial charge < -0.3 is 15.4 Å². The number of H-pyrrole nitrogens is 1. The number of aromatic amines is 1. The minimum Gasteiger partial charge on any atom is -0.483 e. The lowest BCUT2D eigenvalue weighted by Crippen LogP contribution is -2.43. The van der Waals surface area contributed by atoms with E-state index >= 15 is 0 Å². The molecule has 3 N–H and O–H groups in total. The number of carbonyl (C=O) groups is 1. The van der Waals surface area contributed by atoms with Gasteiger partial charge in [0.2, 0.25) is 0 Å². The van der Waals surface area contributed by atoms with Crippen LogP contribution in [0.5, 0.6) is 5.75 Å². The topological polar surface area (TPSA) is 110 Å². The summed E-state index contributed by atoms with van der Waals surface area (Å²) in [5.74, 6) is 0.0327. The zero-order valence-corrected chi connectivity index (χ0v) is 20.0. The Hall–Kier alpha value is -4.59. The summed E-state index contributed by atoms with van der Waals surface area (Å²) in [6.07, 6.45) is 0.572. The number of benzene rings is 3. The Morgan fingerprint density at radius 2 is 1.58 bits per heavy atom. The van der Waals surface area contributed by atoms with E-state index in [0.29, 0.717) is 12.2 Å². The van der Waals surface area contributed by atoms with Crippen LogP contribution in [0.25, 0.3) is 11.1 Å². The Morgan fingerprint density at radius 3 is 2.28 bits per heavy atom. The number of para-hydroxylation sites is 1. The molecular weight excluding hydrogens is 456 g/mol. The maximum atomic E-state index is 13.3. The summed E-state index contributed by atoms with van der Waals surface area (Å²) in [5.41, 5.74) is 7.55. The van der Waals surface area contributed by atoms with E-state index in [-0.39, 0.29) is 31.2 Å². The minimum atomic E-state index is -0.715. The highest BCUT2D eigenvalue weighted by molar-refractivity contribution is 5.96. The standard InChI is InChI=1S/C28H28N4O4/c1-2-17-31(24(33)19-36-23-16-10-9-15-22(23)21-13-7-4-8-14-21)25-26(29)32(28(35)30-27(25)34)18-20-11-5-3-6-12-20/h3-16H,2,17-19,29H2,1H3,(H,30,34,35). The van der Waals surface area contributed by atoms with E-state index in [0.717, 1.165) is 16.7 Å². The predicted octanol–water partition coefficient (Wildman–Crippen LogP) is 3.66. The predicted molar refractivity (Wildman–Crippen MR) is 141 cm³/mol. The maximum Gasteiger partial charge on any atom is 0.330 e. The normalized spacial score (nSPS) is 10.7. The monoisotopic (exact) mass is 484 g/mol. The molecule has 0 aliphatic rings. The van der Waals surface area contributed by atoms with Crippen LogP contribution in [0.4, 0.5) is 11.5 Å². The van der Waals surface area contributed by atoms with Crippen LogP contribution in [0.15, 0.2) is 94.5 Å². The van der Waals surface area contributed by atoms with Crippen LogP contribution in [0.2, 0.25) is 0 Å². The summed E-state index contributed by atoms with van der Waals surface area (Å²) in [5, 5.41) is 0. The number of hydrogen-bond acceptors (Lipinski definition) is 5. The van der Waals surface area contributed by atoms with E-state index in [2.05, 4.69) is 4.98 Å². The second-order valence-corrected chi connectivity index (χ2v) is 8.26. The number of carbonyl (C=O) groups excluding carboxylic acids is 1. The van der Waals surface area contributed by atoms with Crippen molar-refractivity contribution in [2.24, 2.45) is 0 Å². The molecule has 4 aromatic rings. The number of aromatic nitrogens is 2. The first-order valence-corrected chi connectivity index (χ1v) is 11.7. The molecule has 0 atom stereocenters. The van der Waals surface area contributed by atoms with Gasteiger partial charge in [-0.3, -0.25) is 19.1 Å². The zero-order valence-electron chi connectivity index (χ0n) is 20.0. The summed E-state index contributed by atoms with van der Waals surface area (Å²) in [7, 11) is 0. The molecule has 0 aliphatic heterocycles. The number of nitrogens with zero attached hydrogens (tertiary/aromatic N) is 2. The summed E-state index contributed by atoms with van der Waals surface area (Å²) >= 11 is 0. The summed E-state index contributed by atoms with van der Waals surface area (Å²) in [6.45, 7) is 1.97. The van der Waals surface area contributed by atoms with E-state index < -0.39 is 17.2 Å². The van der Waals surface area contributed by atoms with Crippen LogP contribution in [-0.4, -0.2) is 28.6 Å². The number of nitrogens with two attached hydrogens (primary N) is 1. The Kier molecular flexibility index (Phi) is 7.65. The van der Waals surface area contributed by atoms with Crippen molar-refractivity contribution in [2.75, 3.05) is 23.8 Å². The van der Waals surface area contributed by atoms with Crippen molar-refractivity contribution >= 4 is 17.4 Å². The molecule has 0 unspecified atom stereocenters. The number of anilines is 2. The molecule has 0 bridgehead atoms. The van der Waals surface area contributed by atoms with Gasteiger partial charge in [0.05, 0.1) is 6.54 Å². The number of rotatable bonds is 9. The lowest BCUT2D eigenvalue weighted by molar-refractivity contribution is -0.120. The fourth-order valence-corrected chi connectivity index (χ4v) is 4.01. The summed E-state index contributed by atoms with van der Waals surface area (Å²) in [6, 6.07) is 26.4. The van der Waals surface area contributed by atoms with Crippen LogP contribution < -0.4 is 26.6 Å². The van der Waals surface area contributed by atoms with Gasteiger partial charge in [0.1, 0.15) is 11.6 Å². The average molecular weight is 485 g/mol. The molecule has 8 nitrogen and oxygen atoms in total. The SMILES string of the molecule is CCCN(C(=O)COc1ccccc1-c1ccccc1)c1c(N)n(Cc2ccccc2)c(=O)[nH]c1=O. The lowest BCUT2D eigenvalue weighted by atomic mass is 10.1. The zero-order chi connectivity index (χ0) is 25.5. The first kappa shape index (κ1) is 24.5. The highest BCUT2D eigenvalue weighted by atomic mass is 16.5. The molecule has 36 heavy (non-hydrogen) atoms. The van der Waals surface area contributed by atoms with Crippen molar-refractivity contribution in [3.8, 4) is 16.9 Å². The molecular formula is C28H28N4O4. The van der Waals surface area contributed by atoms with Crippen LogP contribution in [-0.2, 0) is 11.3 Å². The van der Waals surface area contributed by atoms with Crippen molar-refractivity contribution < 1.29 is 9.53 Å². The molecule has 0 saturated carbocycles. The fourth-order valence-electron chi connectivity index (χ4n) is 4.01. The van der Waals surface area contributed by atoms with Gasteiger partial charge in [-0.05, 0) is 23.6 Å². The molecule has 1 aromatic heterocycles. The minimum absolute atomic E-state index is 0.0580. The third-order valence-corrected chi connectivity index (χ3v) is 5.74. The van der Waals surface area contributed by atoms with Crippen molar-refractivity contribution in [3.63, 3.8) is 0 Å². The maximum absolute atomic E-state index is 13.3. The number of amides is 1. The quantitative estimate of drug-likeness (QED) is 0.377. The number of ether oxygens (including phenoxy) is 1. The van der Waals surface area contributed by atoms with Crippen molar-refractivity contribution in [3.05, 3.63) is 111 Å². The second kappa shape index (κ2) is 11.2. The molecule has 0 fully saturated rings. The molecule has 0 saturated heterocycles. The Balaban J connectivity index is 1.63. The largest absolute Gasteiger partial charge is 0.483 e. The Labute approximate surface area is 208 Å². The third kappa shape index (κ3) is 5.38. The first-order valence-electron chi connectivity index (χ1n) is 11.7. The van der Waals surface area contributed by atoms with Gasteiger partial charge >= 0.3 is 5.69 Å². The molecule has 0 radical (unpaired) electrons. The van der Waals surface area contributed by atoms with Crippen LogP contribution in [0.1, 0.15) is 18.9 Å². The first-order chi connectivity index (χ1) is 17.5. The fraction of sp³-hybridized carbons (Fsp3) is 0.179. The van der Waals surface area contributed by atoms with E-state index in [4.69, 9.17) is 10.5 Å². The Bertz CT molecular complexity index is 1450. The molecule has 3 aromatic carbocycles. The van der Waals surface area contributed by atoms with Crippen LogP contribution >= 0.6 is 0 Å². The summed E-state index contributed by atoms with van der Waals surface area (Å²) < 4.78 is 7.18. The molecule has 1 amide bonds. The van der Waals surface area contributed by atoms with Gasteiger partial charge in [-0.2, -0.15) is 0 Å². The average Bonchev–Trinajstić information content (AvgIpc) is 2.90. The molecule has 0 spiro atoms. The smallest absolute Gasteiger partial charge is 0.330 e. The van der Waals surface area contributed by atoms with Gasteiger partial charge in [0, 0.05) is 12.1 Å². The van der Waals surface area contributed by atoms with E-state index in [1.165, 1.54) is 9.47 Å². The summed E-state index contributed by atoms with van der Waals surface area (Å²) in [4.78, 5) is 42.3. The highest BCUT2D eigenvalue weighted by Crippen LogP contribution is 2.29. The van der Waals surface area contributed by atoms with Gasteiger partial charge in [-0.15, -0.1) is 0 Å². The number of nitrogens with one attached hydrogen (secondary N) is 1. The van der Waals surface area contributed by atoms with E-state index in [9.17, 15) is 14.4 Å². The number of nitrogen functional groups attached to an aromatic ring is 1. The third-order valence-electron chi connectivity index (χ3n) is 5.74. The molecule has 4 rings (SSSR count). The van der Waals surface area contributed by atoms with Crippen LogP contribution in [0, 0.1) is 0 Å². The highest BCUT2D eigenvalue weighted by Gasteiger charge is 2.24. The van der Waals surface area contributed by atoms with Crippen LogP contribution in [0.3, 0.4) is 0 Å². The van der Waals surface area contributed by atoms with Gasteiger partial charge in [0.25, 0.3) is 11.5 Å². The molecule has 8 heteroatoms. The Morgan fingerprint density at radius 1 is 0.944 bits per heavy atom. The van der Waals surface area contributed by atoms with Gasteiger partial charge in [-0.25, -0.2) is 4.79 Å². The second-order valence-electron chi connectivity index (χ2n) is 8.26. The van der Waals surface area contributed by atoms with Gasteiger partial charge in [-0.1, -0.05) is 85.8 Å². The van der Waals surface area contributed by atoms with Crippen molar-refractivity contribution in [1.29, 1.82) is 0 Å². The number of hydrogen-bond donors (Lipinski definition) is 2. The lowest BCUT2D eigenvalue weighted by Gasteiger charge is -2.24. The van der Waals surface area contributed by atoms with E-state index in [1.54, 1.807) is 6.07 Å². The van der Waals surface area contributed by atoms with Crippen molar-refractivity contribution in [2.45, 2.75) is 19.9 Å². The molecule has 184 valence electrons. The molecule has 1 heterocycles. The molecule has 0 aliphatic carbocycles. The van der Waals surface area contributed by atoms with Crippen molar-refractivity contribution in [1.82, 2.24) is 9.55 Å². The van der Waals surface area contributed by atoms with E-state index in [1.807, 2.05) is 85.8 Å².